The van der Waals surface area contributed by atoms with E-state index >= 15 is 0 Å². The fourth-order valence-electron chi connectivity index (χ4n) is 2.90. The summed E-state index contributed by atoms with van der Waals surface area (Å²) in [5.74, 6) is -0.0894. The first kappa shape index (κ1) is 17.7. The number of hydroxylamine groups is 1. The van der Waals surface area contributed by atoms with Gasteiger partial charge in [-0.2, -0.15) is 0 Å². The molecule has 24 heavy (non-hydrogen) atoms. The van der Waals surface area contributed by atoms with Crippen LogP contribution in [-0.2, 0) is 17.6 Å². The molecule has 1 fully saturated rings. The molecule has 2 rings (SSSR count). The molecule has 1 aliphatic heterocycles. The van der Waals surface area contributed by atoms with Crippen molar-refractivity contribution >= 4 is 11.8 Å². The minimum absolute atomic E-state index is 0.242. The van der Waals surface area contributed by atoms with E-state index < -0.39 is 11.9 Å². The lowest BCUT2D eigenvalue weighted by Gasteiger charge is -2.39. The van der Waals surface area contributed by atoms with Crippen molar-refractivity contribution in [3.05, 3.63) is 54.1 Å². The summed E-state index contributed by atoms with van der Waals surface area (Å²) in [6.07, 6.45) is 5.15. The summed E-state index contributed by atoms with van der Waals surface area (Å²) >= 11 is 0. The van der Waals surface area contributed by atoms with E-state index in [-0.39, 0.29) is 5.91 Å². The van der Waals surface area contributed by atoms with Gasteiger partial charge in [0.1, 0.15) is 11.8 Å². The minimum atomic E-state index is -0.629. The third-order valence-corrected chi connectivity index (χ3v) is 4.12. The Morgan fingerprint density at radius 2 is 1.92 bits per heavy atom. The van der Waals surface area contributed by atoms with E-state index in [1.54, 1.807) is 36.9 Å². The van der Waals surface area contributed by atoms with Crippen molar-refractivity contribution in [2.45, 2.75) is 25.3 Å². The van der Waals surface area contributed by atoms with Gasteiger partial charge in [0.05, 0.1) is 7.11 Å². The maximum absolute atomic E-state index is 12.7. The topological polar surface area (TPSA) is 78.9 Å². The molecular weight excluding hydrogens is 308 g/mol. The van der Waals surface area contributed by atoms with Gasteiger partial charge < -0.3 is 9.64 Å². The number of carbonyl (C=O) groups is 2. The normalized spacial score (nSPS) is 16.1. The summed E-state index contributed by atoms with van der Waals surface area (Å²) < 4.78 is 5.48. The highest BCUT2D eigenvalue weighted by atomic mass is 16.5. The van der Waals surface area contributed by atoms with Gasteiger partial charge in [0.15, 0.2) is 0 Å². The van der Waals surface area contributed by atoms with Crippen molar-refractivity contribution in [3.8, 4) is 5.75 Å². The molecule has 0 bridgehead atoms. The van der Waals surface area contributed by atoms with E-state index in [0.29, 0.717) is 31.4 Å². The molecule has 128 valence electrons. The fraction of sp³-hybridized carbons (Fsp3) is 0.333. The van der Waals surface area contributed by atoms with Gasteiger partial charge in [0, 0.05) is 12.1 Å². The maximum atomic E-state index is 12.7. The standard InChI is InChI=1S/C18H22N2O4/c1-4-6-12-10-14(11-13(7-5-2)16(12)24-3)18(22)20-9-8-15(20)17(21)19-23/h4-5,10-11,15,23H,1-2,6-9H2,3H3,(H,19,21)/t15-/m1/s1. The Labute approximate surface area is 141 Å². The van der Waals surface area contributed by atoms with E-state index in [4.69, 9.17) is 9.94 Å². The van der Waals surface area contributed by atoms with Crippen LogP contribution in [0.1, 0.15) is 27.9 Å². The number of ether oxygens (including phenoxy) is 1. The predicted octanol–water partition coefficient (Wildman–Crippen LogP) is 1.87. The number of likely N-dealkylation sites (tertiary alicyclic amines) is 1. The van der Waals surface area contributed by atoms with Crippen LogP contribution in [0.25, 0.3) is 0 Å². The van der Waals surface area contributed by atoms with Crippen molar-refractivity contribution in [3.63, 3.8) is 0 Å². The highest BCUT2D eigenvalue weighted by molar-refractivity contribution is 5.99. The van der Waals surface area contributed by atoms with Crippen LogP contribution >= 0.6 is 0 Å². The van der Waals surface area contributed by atoms with E-state index in [2.05, 4.69) is 13.2 Å². The summed E-state index contributed by atoms with van der Waals surface area (Å²) in [6.45, 7) is 7.96. The molecule has 1 aliphatic rings. The highest BCUT2D eigenvalue weighted by Crippen LogP contribution is 2.29. The third kappa shape index (κ3) is 3.33. The Bertz CT molecular complexity index is 638. The first-order valence-electron chi connectivity index (χ1n) is 7.73. The number of amides is 2. The van der Waals surface area contributed by atoms with Crippen LogP contribution in [0, 0.1) is 0 Å². The Morgan fingerprint density at radius 1 is 1.33 bits per heavy atom. The molecule has 2 amide bonds. The summed E-state index contributed by atoms with van der Waals surface area (Å²) in [5, 5.41) is 8.76. The second-order valence-electron chi connectivity index (χ2n) is 5.59. The number of benzene rings is 1. The van der Waals surface area contributed by atoms with Gasteiger partial charge >= 0.3 is 0 Å². The van der Waals surface area contributed by atoms with Crippen LogP contribution in [0.5, 0.6) is 5.75 Å². The zero-order chi connectivity index (χ0) is 17.7. The molecule has 1 atom stereocenters. The number of methoxy groups -OCH3 is 1. The summed E-state index contributed by atoms with van der Waals surface area (Å²) in [6, 6.07) is 2.90. The van der Waals surface area contributed by atoms with Gasteiger partial charge in [-0.1, -0.05) is 12.2 Å². The summed E-state index contributed by atoms with van der Waals surface area (Å²) in [5.41, 5.74) is 3.81. The Kier molecular flexibility index (Phi) is 5.76. The molecule has 0 unspecified atom stereocenters. The van der Waals surface area contributed by atoms with E-state index in [1.807, 2.05) is 0 Å². The average Bonchev–Trinajstić information content (AvgIpc) is 2.54. The van der Waals surface area contributed by atoms with Crippen LogP contribution < -0.4 is 10.2 Å². The SMILES string of the molecule is C=CCc1cc(C(=O)N2CC[C@@H]2C(=O)NO)cc(CC=C)c1OC. The smallest absolute Gasteiger partial charge is 0.266 e. The van der Waals surface area contributed by atoms with E-state index in [9.17, 15) is 9.59 Å². The van der Waals surface area contributed by atoms with Gasteiger partial charge in [-0.05, 0) is 42.5 Å². The van der Waals surface area contributed by atoms with E-state index in [0.717, 1.165) is 16.9 Å². The number of allylic oxidation sites excluding steroid dienone is 2. The molecule has 6 heteroatoms. The minimum Gasteiger partial charge on any atom is -0.496 e. The number of nitrogens with one attached hydrogen (secondary N) is 1. The predicted molar refractivity (Wildman–Crippen MR) is 90.2 cm³/mol. The average molecular weight is 330 g/mol. The monoisotopic (exact) mass is 330 g/mol. The fourth-order valence-corrected chi connectivity index (χ4v) is 2.90. The molecule has 2 N–H and O–H groups in total. The molecule has 0 spiro atoms. The van der Waals surface area contributed by atoms with Gasteiger partial charge in [0.2, 0.25) is 0 Å². The van der Waals surface area contributed by atoms with Gasteiger partial charge in [-0.3, -0.25) is 14.8 Å². The third-order valence-electron chi connectivity index (χ3n) is 4.12. The second-order valence-corrected chi connectivity index (χ2v) is 5.59. The van der Waals surface area contributed by atoms with Crippen molar-refractivity contribution in [2.75, 3.05) is 13.7 Å². The van der Waals surface area contributed by atoms with Crippen LogP contribution in [0.4, 0.5) is 0 Å². The Hall–Kier alpha value is -2.60. The first-order valence-corrected chi connectivity index (χ1v) is 7.73. The number of rotatable bonds is 7. The molecular formula is C18H22N2O4. The van der Waals surface area contributed by atoms with Crippen LogP contribution in [-0.4, -0.2) is 41.6 Å². The zero-order valence-electron chi connectivity index (χ0n) is 13.7. The lowest BCUT2D eigenvalue weighted by molar-refractivity contribution is -0.137. The lowest BCUT2D eigenvalue weighted by atomic mass is 9.96. The summed E-state index contributed by atoms with van der Waals surface area (Å²) in [7, 11) is 1.59. The number of carbonyl (C=O) groups excluding carboxylic acids is 2. The highest BCUT2D eigenvalue weighted by Gasteiger charge is 2.38. The quantitative estimate of drug-likeness (QED) is 0.454. The van der Waals surface area contributed by atoms with Crippen molar-refractivity contribution in [1.82, 2.24) is 10.4 Å². The lowest BCUT2D eigenvalue weighted by Crippen LogP contribution is -2.57. The first-order chi connectivity index (χ1) is 11.6. The van der Waals surface area contributed by atoms with E-state index in [1.165, 1.54) is 4.90 Å². The molecule has 1 saturated heterocycles. The molecule has 1 heterocycles. The molecule has 1 aromatic rings. The van der Waals surface area contributed by atoms with Crippen molar-refractivity contribution in [1.29, 1.82) is 0 Å². The number of hydrogen-bond donors (Lipinski definition) is 2. The largest absolute Gasteiger partial charge is 0.496 e. The molecule has 1 aromatic carbocycles. The van der Waals surface area contributed by atoms with Gasteiger partial charge in [0.25, 0.3) is 11.8 Å². The van der Waals surface area contributed by atoms with Crippen LogP contribution in [0.3, 0.4) is 0 Å². The molecule has 0 aliphatic carbocycles. The van der Waals surface area contributed by atoms with Crippen molar-refractivity contribution in [2.24, 2.45) is 0 Å². The van der Waals surface area contributed by atoms with Crippen molar-refractivity contribution < 1.29 is 19.5 Å². The van der Waals surface area contributed by atoms with Gasteiger partial charge in [-0.25, -0.2) is 5.48 Å². The molecule has 0 aromatic heterocycles. The molecule has 0 radical (unpaired) electrons. The molecule has 0 saturated carbocycles. The van der Waals surface area contributed by atoms with Crippen LogP contribution in [0.15, 0.2) is 37.4 Å². The number of hydrogen-bond acceptors (Lipinski definition) is 4. The Balaban J connectivity index is 2.38. The second kappa shape index (κ2) is 7.79. The number of nitrogens with zero attached hydrogens (tertiary/aromatic N) is 1. The molecule has 6 nitrogen and oxygen atoms in total. The van der Waals surface area contributed by atoms with Crippen LogP contribution in [0.2, 0.25) is 0 Å². The summed E-state index contributed by atoms with van der Waals surface area (Å²) in [4.78, 5) is 25.8. The zero-order valence-corrected chi connectivity index (χ0v) is 13.7. The van der Waals surface area contributed by atoms with Gasteiger partial charge in [-0.15, -0.1) is 13.2 Å². The maximum Gasteiger partial charge on any atom is 0.266 e. The Morgan fingerprint density at radius 3 is 2.29 bits per heavy atom.